The van der Waals surface area contributed by atoms with Crippen LogP contribution in [0, 0.1) is 11.8 Å². The van der Waals surface area contributed by atoms with Gasteiger partial charge in [-0.15, -0.1) is 0 Å². The van der Waals surface area contributed by atoms with Crippen LogP contribution in [0.25, 0.3) is 11.0 Å². The normalized spacial score (nSPS) is 24.3. The third-order valence-electron chi connectivity index (χ3n) is 4.93. The van der Waals surface area contributed by atoms with Gasteiger partial charge >= 0.3 is 0 Å². The van der Waals surface area contributed by atoms with Crippen LogP contribution >= 0.6 is 0 Å². The molecule has 0 unspecified atom stereocenters. The van der Waals surface area contributed by atoms with Crippen LogP contribution in [-0.2, 0) is 16.1 Å². The molecule has 1 aromatic carbocycles. The van der Waals surface area contributed by atoms with Crippen LogP contribution in [0.15, 0.2) is 24.3 Å². The van der Waals surface area contributed by atoms with Crippen molar-refractivity contribution < 1.29 is 9.59 Å². The lowest BCUT2D eigenvalue weighted by Crippen LogP contribution is -2.42. The number of piperidine rings is 1. The maximum atomic E-state index is 12.5. The van der Waals surface area contributed by atoms with Crippen molar-refractivity contribution in [2.24, 2.45) is 11.8 Å². The number of amides is 2. The third-order valence-corrected chi connectivity index (χ3v) is 4.93. The van der Waals surface area contributed by atoms with E-state index in [4.69, 9.17) is 0 Å². The predicted molar refractivity (Wildman–Crippen MR) is 83.3 cm³/mol. The van der Waals surface area contributed by atoms with E-state index in [9.17, 15) is 9.59 Å². The van der Waals surface area contributed by atoms with Crippen molar-refractivity contribution >= 4 is 22.8 Å². The van der Waals surface area contributed by atoms with E-state index < -0.39 is 0 Å². The van der Waals surface area contributed by atoms with Gasteiger partial charge in [0.05, 0.1) is 5.92 Å². The maximum Gasteiger partial charge on any atom is 0.246 e. The Labute approximate surface area is 133 Å². The average Bonchev–Trinajstić information content (AvgIpc) is 3.14. The van der Waals surface area contributed by atoms with Crippen molar-refractivity contribution in [1.29, 1.82) is 0 Å². The largest absolute Gasteiger partial charge is 0.345 e. The summed E-state index contributed by atoms with van der Waals surface area (Å²) < 4.78 is 0. The van der Waals surface area contributed by atoms with Crippen LogP contribution in [0.1, 0.15) is 6.42 Å². The van der Waals surface area contributed by atoms with E-state index in [0.717, 1.165) is 24.0 Å². The zero-order valence-electron chi connectivity index (χ0n) is 13.1. The molecule has 0 aliphatic carbocycles. The van der Waals surface area contributed by atoms with E-state index >= 15 is 0 Å². The topological polar surface area (TPSA) is 71.3 Å². The summed E-state index contributed by atoms with van der Waals surface area (Å²) in [6.07, 6.45) is 0.973. The molecule has 0 N–H and O–H groups in total. The zero-order chi connectivity index (χ0) is 16.0. The van der Waals surface area contributed by atoms with Gasteiger partial charge in [0.2, 0.25) is 11.8 Å². The van der Waals surface area contributed by atoms with Gasteiger partial charge < -0.3 is 9.80 Å². The SMILES string of the molecule is CN1CC[C@@H]2CN(C(=O)Cn3nc4ccccc4n3)C[C@@H]2C1=O. The lowest BCUT2D eigenvalue weighted by atomic mass is 9.88. The number of benzene rings is 1. The molecule has 2 fully saturated rings. The first-order valence-corrected chi connectivity index (χ1v) is 7.94. The summed E-state index contributed by atoms with van der Waals surface area (Å²) in [6.45, 7) is 2.10. The number of aromatic nitrogens is 3. The summed E-state index contributed by atoms with van der Waals surface area (Å²) in [7, 11) is 1.84. The Hall–Kier alpha value is -2.44. The maximum absolute atomic E-state index is 12.5. The van der Waals surface area contributed by atoms with Gasteiger partial charge in [-0.3, -0.25) is 9.59 Å². The van der Waals surface area contributed by atoms with Crippen molar-refractivity contribution in [2.45, 2.75) is 13.0 Å². The van der Waals surface area contributed by atoms with Crippen molar-refractivity contribution in [3.05, 3.63) is 24.3 Å². The minimum atomic E-state index is -0.0395. The van der Waals surface area contributed by atoms with Crippen molar-refractivity contribution in [2.75, 3.05) is 26.7 Å². The summed E-state index contributed by atoms with van der Waals surface area (Å²) in [6, 6.07) is 7.55. The lowest BCUT2D eigenvalue weighted by molar-refractivity contribution is -0.138. The number of fused-ring (bicyclic) bond motifs is 2. The summed E-state index contributed by atoms with van der Waals surface area (Å²) in [5.74, 6) is 0.407. The molecule has 0 radical (unpaired) electrons. The molecular weight excluding hydrogens is 294 g/mol. The summed E-state index contributed by atoms with van der Waals surface area (Å²) in [5.41, 5.74) is 1.57. The molecule has 2 aliphatic rings. The quantitative estimate of drug-likeness (QED) is 0.803. The van der Waals surface area contributed by atoms with E-state index in [1.54, 1.807) is 9.80 Å². The van der Waals surface area contributed by atoms with Crippen LogP contribution in [0.4, 0.5) is 0 Å². The first-order valence-electron chi connectivity index (χ1n) is 7.94. The van der Waals surface area contributed by atoms with E-state index in [1.165, 1.54) is 4.80 Å². The van der Waals surface area contributed by atoms with E-state index in [2.05, 4.69) is 10.2 Å². The molecule has 2 amide bonds. The highest BCUT2D eigenvalue weighted by Crippen LogP contribution is 2.31. The average molecular weight is 313 g/mol. The number of likely N-dealkylation sites (tertiary alicyclic amines) is 2. The molecule has 7 nitrogen and oxygen atoms in total. The fourth-order valence-corrected chi connectivity index (χ4v) is 3.60. The van der Waals surface area contributed by atoms with E-state index in [1.807, 2.05) is 31.3 Å². The Morgan fingerprint density at radius 3 is 2.61 bits per heavy atom. The van der Waals surface area contributed by atoms with E-state index in [0.29, 0.717) is 19.0 Å². The Balaban J connectivity index is 1.46. The Morgan fingerprint density at radius 1 is 1.22 bits per heavy atom. The molecule has 120 valence electrons. The van der Waals surface area contributed by atoms with Crippen molar-refractivity contribution in [3.63, 3.8) is 0 Å². The molecule has 2 aliphatic heterocycles. The van der Waals surface area contributed by atoms with Crippen LogP contribution < -0.4 is 0 Å². The van der Waals surface area contributed by atoms with Crippen LogP contribution in [0.2, 0.25) is 0 Å². The van der Waals surface area contributed by atoms with Gasteiger partial charge in [-0.1, -0.05) is 12.1 Å². The standard InChI is InChI=1S/C16H19N5O2/c1-19-7-6-11-8-20(9-12(11)16(19)23)15(22)10-21-17-13-4-2-3-5-14(13)18-21/h2-5,11-12H,6-10H2,1H3/t11-,12+/m1/s1. The van der Waals surface area contributed by atoms with Crippen LogP contribution in [0.5, 0.6) is 0 Å². The number of hydrogen-bond acceptors (Lipinski definition) is 4. The fraction of sp³-hybridized carbons (Fsp3) is 0.500. The van der Waals surface area contributed by atoms with Gasteiger partial charge in [-0.2, -0.15) is 15.0 Å². The Morgan fingerprint density at radius 2 is 1.91 bits per heavy atom. The molecule has 0 bridgehead atoms. The first kappa shape index (κ1) is 14.2. The summed E-state index contributed by atoms with van der Waals surface area (Å²) >= 11 is 0. The van der Waals surface area contributed by atoms with Gasteiger partial charge in [0.1, 0.15) is 17.6 Å². The second-order valence-corrected chi connectivity index (χ2v) is 6.43. The second-order valence-electron chi connectivity index (χ2n) is 6.43. The summed E-state index contributed by atoms with van der Waals surface area (Å²) in [4.78, 5) is 29.7. The van der Waals surface area contributed by atoms with Gasteiger partial charge in [-0.05, 0) is 24.5 Å². The van der Waals surface area contributed by atoms with Crippen molar-refractivity contribution in [3.8, 4) is 0 Å². The van der Waals surface area contributed by atoms with Gasteiger partial charge in [-0.25, -0.2) is 0 Å². The van der Waals surface area contributed by atoms with E-state index in [-0.39, 0.29) is 24.3 Å². The predicted octanol–water partition coefficient (Wildman–Crippen LogP) is 0.368. The first-order chi connectivity index (χ1) is 11.1. The Bertz CT molecular complexity index is 738. The monoisotopic (exact) mass is 313 g/mol. The molecular formula is C16H19N5O2. The molecule has 1 aromatic heterocycles. The number of nitrogens with zero attached hydrogens (tertiary/aromatic N) is 5. The molecule has 2 aromatic rings. The van der Waals surface area contributed by atoms with Crippen LogP contribution in [-0.4, -0.2) is 63.3 Å². The third kappa shape index (κ3) is 2.46. The second kappa shape index (κ2) is 5.33. The highest BCUT2D eigenvalue weighted by Gasteiger charge is 2.43. The number of carbonyl (C=O) groups excluding carboxylic acids is 2. The molecule has 4 rings (SSSR count). The molecule has 2 saturated heterocycles. The number of hydrogen-bond donors (Lipinski definition) is 0. The molecule has 23 heavy (non-hydrogen) atoms. The molecule has 3 heterocycles. The molecule has 0 saturated carbocycles. The van der Waals surface area contributed by atoms with Gasteiger partial charge in [0.25, 0.3) is 0 Å². The lowest BCUT2D eigenvalue weighted by Gasteiger charge is -2.30. The van der Waals surface area contributed by atoms with Gasteiger partial charge in [0.15, 0.2) is 0 Å². The highest BCUT2D eigenvalue weighted by molar-refractivity contribution is 5.83. The number of rotatable bonds is 2. The fourth-order valence-electron chi connectivity index (χ4n) is 3.60. The highest BCUT2D eigenvalue weighted by atomic mass is 16.2. The summed E-state index contributed by atoms with van der Waals surface area (Å²) in [5, 5.41) is 8.65. The Kier molecular flexibility index (Phi) is 3.28. The molecule has 0 spiro atoms. The zero-order valence-corrected chi connectivity index (χ0v) is 13.1. The molecule has 7 heteroatoms. The smallest absolute Gasteiger partial charge is 0.246 e. The minimum absolute atomic E-state index is 0.0184. The minimum Gasteiger partial charge on any atom is -0.345 e. The van der Waals surface area contributed by atoms with Crippen LogP contribution in [0.3, 0.4) is 0 Å². The van der Waals surface area contributed by atoms with Gasteiger partial charge in [0, 0.05) is 26.7 Å². The number of carbonyl (C=O) groups is 2. The van der Waals surface area contributed by atoms with Crippen molar-refractivity contribution in [1.82, 2.24) is 24.8 Å². The molecule has 2 atom stereocenters.